The van der Waals surface area contributed by atoms with Crippen LogP contribution in [0.3, 0.4) is 0 Å². The minimum Gasteiger partial charge on any atom is -0.494 e. The molecular weight excluding hydrogens is 436 g/mol. The van der Waals surface area contributed by atoms with Crippen molar-refractivity contribution in [1.82, 2.24) is 0 Å². The van der Waals surface area contributed by atoms with Crippen LogP contribution in [0.2, 0.25) is 0 Å². The van der Waals surface area contributed by atoms with Crippen molar-refractivity contribution in [3.8, 4) is 16.9 Å². The van der Waals surface area contributed by atoms with E-state index in [0.717, 1.165) is 67.9 Å². The van der Waals surface area contributed by atoms with Gasteiger partial charge in [0.25, 0.3) is 0 Å². The number of aromatic carboxylic acids is 1. The molecule has 0 aliphatic heterocycles. The van der Waals surface area contributed by atoms with Gasteiger partial charge in [-0.2, -0.15) is 0 Å². The van der Waals surface area contributed by atoms with Crippen LogP contribution >= 0.6 is 0 Å². The fourth-order valence-corrected chi connectivity index (χ4v) is 4.38. The molecular formula is C31H46O4. The molecule has 0 bridgehead atoms. The van der Waals surface area contributed by atoms with Crippen LogP contribution in [-0.4, -0.2) is 30.9 Å². The Labute approximate surface area is 213 Å². The molecule has 1 N–H and O–H groups in total. The molecule has 4 nitrogen and oxygen atoms in total. The average molecular weight is 483 g/mol. The second-order valence-corrected chi connectivity index (χ2v) is 9.42. The fraction of sp³-hybridized carbons (Fsp3) is 0.581. The molecule has 0 spiro atoms. The lowest BCUT2D eigenvalue weighted by molar-refractivity contribution is 0.0697. The van der Waals surface area contributed by atoms with Gasteiger partial charge in [-0.3, -0.25) is 0 Å². The lowest BCUT2D eigenvalue weighted by atomic mass is 9.93. The van der Waals surface area contributed by atoms with E-state index in [2.05, 4.69) is 19.9 Å². The van der Waals surface area contributed by atoms with Crippen molar-refractivity contribution in [3.05, 3.63) is 53.6 Å². The Morgan fingerprint density at radius 2 is 1.34 bits per heavy atom. The molecule has 0 saturated carbocycles. The minimum absolute atomic E-state index is 0.331. The van der Waals surface area contributed by atoms with Gasteiger partial charge in [0.2, 0.25) is 0 Å². The van der Waals surface area contributed by atoms with E-state index < -0.39 is 5.97 Å². The normalized spacial score (nSPS) is 11.0. The van der Waals surface area contributed by atoms with Crippen LogP contribution in [-0.2, 0) is 11.2 Å². The molecule has 0 aliphatic rings. The Hall–Kier alpha value is -2.33. The SMILES string of the molecule is CCCCCCCCOc1ccc(-c2ccccc2C(=O)O)c(CCCOCCCCCCC)c1. The number of carboxylic acids is 1. The number of rotatable bonds is 20. The predicted octanol–water partition coefficient (Wildman–Crippen LogP) is 8.71. The highest BCUT2D eigenvalue weighted by Crippen LogP contribution is 2.31. The molecule has 0 fully saturated rings. The van der Waals surface area contributed by atoms with Gasteiger partial charge in [-0.1, -0.05) is 95.9 Å². The first-order valence-corrected chi connectivity index (χ1v) is 13.8. The van der Waals surface area contributed by atoms with Crippen LogP contribution in [0.1, 0.15) is 107 Å². The number of carboxylic acid groups (broad SMARTS) is 1. The van der Waals surface area contributed by atoms with Crippen molar-refractivity contribution in [2.45, 2.75) is 97.3 Å². The number of unbranched alkanes of at least 4 members (excludes halogenated alkanes) is 9. The molecule has 0 radical (unpaired) electrons. The standard InChI is InChI=1S/C31H46O4/c1-3-5-7-9-11-15-24-35-27-20-21-28(29-18-12-13-19-30(29)31(32)33)26(25-27)17-16-23-34-22-14-10-8-6-4-2/h12-13,18-21,25H,3-11,14-17,22-24H2,1-2H3,(H,32,33). The summed E-state index contributed by atoms with van der Waals surface area (Å²) < 4.78 is 11.9. The molecule has 0 heterocycles. The number of benzene rings is 2. The Morgan fingerprint density at radius 1 is 0.714 bits per heavy atom. The molecule has 0 atom stereocenters. The molecule has 2 aromatic rings. The van der Waals surface area contributed by atoms with Crippen LogP contribution in [0, 0.1) is 0 Å². The summed E-state index contributed by atoms with van der Waals surface area (Å²) in [4.78, 5) is 11.8. The molecule has 0 aromatic heterocycles. The van der Waals surface area contributed by atoms with E-state index in [9.17, 15) is 9.90 Å². The van der Waals surface area contributed by atoms with Gasteiger partial charge in [0, 0.05) is 13.2 Å². The summed E-state index contributed by atoms with van der Waals surface area (Å²) in [7, 11) is 0. The highest BCUT2D eigenvalue weighted by Gasteiger charge is 2.15. The molecule has 4 heteroatoms. The topological polar surface area (TPSA) is 55.8 Å². The van der Waals surface area contributed by atoms with Crippen molar-refractivity contribution in [3.63, 3.8) is 0 Å². The van der Waals surface area contributed by atoms with Crippen LogP contribution in [0.5, 0.6) is 5.75 Å². The number of aryl methyl sites for hydroxylation is 1. The molecule has 2 rings (SSSR count). The van der Waals surface area contributed by atoms with Crippen molar-refractivity contribution in [1.29, 1.82) is 0 Å². The number of ether oxygens (including phenoxy) is 2. The number of carbonyl (C=O) groups is 1. The quantitative estimate of drug-likeness (QED) is 0.192. The van der Waals surface area contributed by atoms with Crippen LogP contribution in [0.15, 0.2) is 42.5 Å². The molecule has 194 valence electrons. The van der Waals surface area contributed by atoms with Gasteiger partial charge >= 0.3 is 5.97 Å². The zero-order chi connectivity index (χ0) is 25.1. The molecule has 0 saturated heterocycles. The lowest BCUT2D eigenvalue weighted by Crippen LogP contribution is -2.04. The molecule has 0 unspecified atom stereocenters. The van der Waals surface area contributed by atoms with Crippen LogP contribution < -0.4 is 4.74 Å². The Balaban J connectivity index is 1.97. The summed E-state index contributed by atoms with van der Waals surface area (Å²) in [6.07, 6.45) is 15.4. The first kappa shape index (κ1) is 28.9. The number of hydrogen-bond acceptors (Lipinski definition) is 3. The van der Waals surface area contributed by atoms with Gasteiger partial charge in [-0.05, 0) is 60.6 Å². The summed E-state index contributed by atoms with van der Waals surface area (Å²) in [6.45, 7) is 6.72. The minimum atomic E-state index is -0.902. The van der Waals surface area contributed by atoms with Gasteiger partial charge in [0.1, 0.15) is 5.75 Å². The lowest BCUT2D eigenvalue weighted by Gasteiger charge is -2.15. The zero-order valence-electron chi connectivity index (χ0n) is 22.0. The molecule has 0 aliphatic carbocycles. The Morgan fingerprint density at radius 3 is 2.06 bits per heavy atom. The fourth-order valence-electron chi connectivity index (χ4n) is 4.38. The van der Waals surface area contributed by atoms with E-state index >= 15 is 0 Å². The first-order chi connectivity index (χ1) is 17.2. The number of hydrogen-bond donors (Lipinski definition) is 1. The van der Waals surface area contributed by atoms with E-state index in [1.807, 2.05) is 24.3 Å². The van der Waals surface area contributed by atoms with Crippen LogP contribution in [0.4, 0.5) is 0 Å². The molecule has 2 aromatic carbocycles. The third-order valence-corrected chi connectivity index (χ3v) is 6.42. The van der Waals surface area contributed by atoms with E-state index in [1.54, 1.807) is 12.1 Å². The molecule has 0 amide bonds. The van der Waals surface area contributed by atoms with Gasteiger partial charge in [-0.25, -0.2) is 4.79 Å². The average Bonchev–Trinajstić information content (AvgIpc) is 2.87. The first-order valence-electron chi connectivity index (χ1n) is 13.8. The maximum Gasteiger partial charge on any atom is 0.336 e. The van der Waals surface area contributed by atoms with E-state index in [-0.39, 0.29) is 0 Å². The summed E-state index contributed by atoms with van der Waals surface area (Å²) in [5.41, 5.74) is 3.17. The largest absolute Gasteiger partial charge is 0.494 e. The van der Waals surface area contributed by atoms with Gasteiger partial charge in [0.05, 0.1) is 12.2 Å². The van der Waals surface area contributed by atoms with E-state index in [1.165, 1.54) is 57.8 Å². The van der Waals surface area contributed by atoms with E-state index in [4.69, 9.17) is 9.47 Å². The van der Waals surface area contributed by atoms with Crippen molar-refractivity contribution in [2.75, 3.05) is 19.8 Å². The summed E-state index contributed by atoms with van der Waals surface area (Å²) in [6, 6.07) is 13.3. The highest BCUT2D eigenvalue weighted by molar-refractivity contribution is 5.96. The Kier molecular flexibility index (Phi) is 14.9. The maximum atomic E-state index is 11.8. The second kappa shape index (κ2) is 18.0. The van der Waals surface area contributed by atoms with Crippen LogP contribution in [0.25, 0.3) is 11.1 Å². The van der Waals surface area contributed by atoms with Gasteiger partial charge < -0.3 is 14.6 Å². The predicted molar refractivity (Wildman–Crippen MR) is 146 cm³/mol. The second-order valence-electron chi connectivity index (χ2n) is 9.42. The summed E-state index contributed by atoms with van der Waals surface area (Å²) in [5, 5.41) is 9.70. The van der Waals surface area contributed by atoms with Gasteiger partial charge in [-0.15, -0.1) is 0 Å². The smallest absolute Gasteiger partial charge is 0.336 e. The van der Waals surface area contributed by atoms with Crippen molar-refractivity contribution in [2.24, 2.45) is 0 Å². The maximum absolute atomic E-state index is 11.8. The van der Waals surface area contributed by atoms with Gasteiger partial charge in [0.15, 0.2) is 0 Å². The third-order valence-electron chi connectivity index (χ3n) is 6.42. The zero-order valence-corrected chi connectivity index (χ0v) is 22.0. The summed E-state index contributed by atoms with van der Waals surface area (Å²) in [5.74, 6) is -0.0386. The van der Waals surface area contributed by atoms with E-state index in [0.29, 0.717) is 5.56 Å². The summed E-state index contributed by atoms with van der Waals surface area (Å²) >= 11 is 0. The molecule has 35 heavy (non-hydrogen) atoms. The highest BCUT2D eigenvalue weighted by atomic mass is 16.5. The monoisotopic (exact) mass is 482 g/mol. The Bertz CT molecular complexity index is 846. The third kappa shape index (κ3) is 11.3. The van der Waals surface area contributed by atoms with Crippen molar-refractivity contribution < 1.29 is 19.4 Å². The van der Waals surface area contributed by atoms with Crippen molar-refractivity contribution >= 4 is 5.97 Å².